The molecule has 0 spiro atoms. The third-order valence-electron chi connectivity index (χ3n) is 0. The SMILES string of the molecule is O=[Se]([O-])[O-].[Cu+2].[In+3]. The van der Waals surface area contributed by atoms with Crippen LogP contribution in [0.5, 0.6) is 0 Å². The minimum absolute atomic E-state index is 0. The summed E-state index contributed by atoms with van der Waals surface area (Å²) >= 11 is -3.79. The molecule has 0 unspecified atom stereocenters. The van der Waals surface area contributed by atoms with Crippen molar-refractivity contribution in [3.8, 4) is 0 Å². The van der Waals surface area contributed by atoms with E-state index in [0.717, 1.165) is 0 Å². The number of hydrogen-bond donors (Lipinski definition) is 0. The molecule has 0 atom stereocenters. The summed E-state index contributed by atoms with van der Waals surface area (Å²) in [6, 6.07) is 0. The van der Waals surface area contributed by atoms with Gasteiger partial charge in [-0.15, -0.1) is 0 Å². The van der Waals surface area contributed by atoms with Gasteiger partial charge >= 0.3 is 69.6 Å². The van der Waals surface area contributed by atoms with Crippen LogP contribution in [-0.2, 0) is 20.9 Å². The van der Waals surface area contributed by atoms with Crippen LogP contribution in [0, 0.1) is 0 Å². The van der Waals surface area contributed by atoms with Crippen LogP contribution in [0.3, 0.4) is 0 Å². The first kappa shape index (κ1) is 15.6. The van der Waals surface area contributed by atoms with Crippen molar-refractivity contribution in [3.05, 3.63) is 0 Å². The molecule has 6 heavy (non-hydrogen) atoms. The summed E-state index contributed by atoms with van der Waals surface area (Å²) in [4.78, 5) is 0. The van der Waals surface area contributed by atoms with E-state index in [1.807, 2.05) is 0 Å². The molecule has 0 saturated heterocycles. The largest absolute Gasteiger partial charge is 3.00 e. The fourth-order valence-corrected chi connectivity index (χ4v) is 0. The third kappa shape index (κ3) is 45.5. The van der Waals surface area contributed by atoms with Crippen molar-refractivity contribution in [3.63, 3.8) is 0 Å². The van der Waals surface area contributed by atoms with Crippen molar-refractivity contribution < 1.29 is 29.3 Å². The molecule has 0 aromatic rings. The summed E-state index contributed by atoms with van der Waals surface area (Å²) in [5.41, 5.74) is 0. The quantitative estimate of drug-likeness (QED) is 0.441. The molecule has 0 N–H and O–H groups in total. The summed E-state index contributed by atoms with van der Waals surface area (Å²) in [6.45, 7) is 0. The van der Waals surface area contributed by atoms with E-state index in [0.29, 0.717) is 0 Å². The number of rotatable bonds is 0. The standard InChI is InChI=1S/Cu.In.H2O3Se/c;;1-4(2)3/h;;(H2,1,2,3)/q+2;+3;/p-2. The Labute approximate surface area is 69.1 Å². The van der Waals surface area contributed by atoms with Gasteiger partial charge in [0.15, 0.2) is 0 Å². The van der Waals surface area contributed by atoms with E-state index >= 15 is 0 Å². The van der Waals surface area contributed by atoms with E-state index in [4.69, 9.17) is 12.2 Å². The molecule has 0 aromatic heterocycles. The molecule has 0 saturated carbocycles. The van der Waals surface area contributed by atoms with Gasteiger partial charge in [0, 0.05) is 0 Å². The zero-order valence-corrected chi connectivity index (χ0v) is 8.46. The van der Waals surface area contributed by atoms with E-state index in [-0.39, 0.29) is 42.9 Å². The maximum atomic E-state index is 8.54. The van der Waals surface area contributed by atoms with Gasteiger partial charge in [-0.2, -0.15) is 0 Å². The summed E-state index contributed by atoms with van der Waals surface area (Å²) in [5.74, 6) is 0. The van der Waals surface area contributed by atoms with E-state index in [1.165, 1.54) is 0 Å². The zero-order chi connectivity index (χ0) is 3.58. The molecule has 0 aliphatic heterocycles. The Kier molecular flexibility index (Phi) is 25.6. The van der Waals surface area contributed by atoms with Crippen LogP contribution in [0.1, 0.15) is 0 Å². The summed E-state index contributed by atoms with van der Waals surface area (Å²) in [7, 11) is 0. The Balaban J connectivity index is -0.0000000450. The van der Waals surface area contributed by atoms with Crippen LogP contribution in [0.25, 0.3) is 0 Å². The second kappa shape index (κ2) is 9.80. The van der Waals surface area contributed by atoms with Crippen molar-refractivity contribution >= 4 is 40.3 Å². The Bertz CT molecular complexity index is 33.8. The molecule has 0 aromatic carbocycles. The van der Waals surface area contributed by atoms with Crippen LogP contribution < -0.4 is 8.38 Å². The molecule has 3 nitrogen and oxygen atoms in total. The second-order valence-corrected chi connectivity index (χ2v) is 1.06. The fourth-order valence-electron chi connectivity index (χ4n) is 0. The van der Waals surface area contributed by atoms with Gasteiger partial charge < -0.3 is 0 Å². The summed E-state index contributed by atoms with van der Waals surface area (Å²) in [5, 5.41) is 0. The van der Waals surface area contributed by atoms with E-state index < -0.39 is 14.5 Å². The summed E-state index contributed by atoms with van der Waals surface area (Å²) in [6.07, 6.45) is 0. The van der Waals surface area contributed by atoms with Crippen molar-refractivity contribution in [1.82, 2.24) is 0 Å². The molecule has 1 radical (unpaired) electrons. The molecule has 6 heteroatoms. The van der Waals surface area contributed by atoms with Crippen molar-refractivity contribution in [2.24, 2.45) is 0 Å². The smallest absolute Gasteiger partial charge is 2.00 e. The molecule has 35 valence electrons. The predicted molar refractivity (Wildman–Crippen MR) is 12.2 cm³/mol. The van der Waals surface area contributed by atoms with Crippen molar-refractivity contribution in [1.29, 1.82) is 0 Å². The van der Waals surface area contributed by atoms with E-state index in [1.54, 1.807) is 0 Å². The van der Waals surface area contributed by atoms with Gasteiger partial charge in [-0.3, -0.25) is 0 Å². The molecular formula is CuInO3Se+3. The molecule has 0 aliphatic rings. The molecule has 0 fully saturated rings. The Morgan fingerprint density at radius 3 is 1.33 bits per heavy atom. The van der Waals surface area contributed by atoms with Gasteiger partial charge in [-0.1, -0.05) is 0 Å². The molecule has 0 heterocycles. The average molecular weight is 305 g/mol. The van der Waals surface area contributed by atoms with Crippen LogP contribution >= 0.6 is 0 Å². The zero-order valence-electron chi connectivity index (χ0n) is 2.51. The molecule has 0 amide bonds. The monoisotopic (exact) mass is 306 g/mol. The van der Waals surface area contributed by atoms with Crippen molar-refractivity contribution in [2.75, 3.05) is 0 Å². The fraction of sp³-hybridized carbons (Fsp3) is 0. The third-order valence-corrected chi connectivity index (χ3v) is 0. The normalized spacial score (nSPS) is 5.83. The first-order valence-electron chi connectivity index (χ1n) is 0.500. The van der Waals surface area contributed by atoms with E-state index in [2.05, 4.69) is 0 Å². The Morgan fingerprint density at radius 1 is 1.33 bits per heavy atom. The van der Waals surface area contributed by atoms with Gasteiger partial charge in [0.25, 0.3) is 0 Å². The molecule has 0 aliphatic carbocycles. The minimum Gasteiger partial charge on any atom is 2.00 e. The molecule has 0 rings (SSSR count). The van der Waals surface area contributed by atoms with Crippen LogP contribution in [0.15, 0.2) is 0 Å². The average Bonchev–Trinajstić information content (AvgIpc) is 0.811. The first-order valence-corrected chi connectivity index (χ1v) is 2.60. The van der Waals surface area contributed by atoms with Crippen LogP contribution in [-0.4, -0.2) is 40.3 Å². The van der Waals surface area contributed by atoms with Crippen molar-refractivity contribution in [2.45, 2.75) is 0 Å². The Morgan fingerprint density at radius 2 is 1.33 bits per heavy atom. The molecule has 0 bridgehead atoms. The van der Waals surface area contributed by atoms with Gasteiger partial charge in [0.1, 0.15) is 0 Å². The van der Waals surface area contributed by atoms with Gasteiger partial charge in [-0.05, 0) is 0 Å². The number of hydrogen-bond acceptors (Lipinski definition) is 3. The van der Waals surface area contributed by atoms with Crippen LogP contribution in [0.4, 0.5) is 0 Å². The topological polar surface area (TPSA) is 63.2 Å². The first-order chi connectivity index (χ1) is 1.73. The Hall–Kier alpha value is 1.63. The minimum atomic E-state index is -3.79. The maximum absolute atomic E-state index is 8.54. The maximum Gasteiger partial charge on any atom is 3.00 e. The van der Waals surface area contributed by atoms with E-state index in [9.17, 15) is 0 Å². The van der Waals surface area contributed by atoms with Crippen LogP contribution in [0.2, 0.25) is 0 Å². The second-order valence-electron chi connectivity index (χ2n) is 0.204. The van der Waals surface area contributed by atoms with Gasteiger partial charge in [-0.25, -0.2) is 0 Å². The van der Waals surface area contributed by atoms with Gasteiger partial charge in [0.05, 0.1) is 0 Å². The molecular weight excluding hydrogens is 305 g/mol. The summed E-state index contributed by atoms with van der Waals surface area (Å²) < 4.78 is 25.6. The predicted octanol–water partition coefficient (Wildman–Crippen LogP) is -3.26. The van der Waals surface area contributed by atoms with Gasteiger partial charge in [0.2, 0.25) is 0 Å².